The molecule has 0 radical (unpaired) electrons. The van der Waals surface area contributed by atoms with Crippen molar-refractivity contribution in [3.63, 3.8) is 0 Å². The molecule has 2 N–H and O–H groups in total. The molecule has 0 aromatic carbocycles. The zero-order valence-corrected chi connectivity index (χ0v) is 8.84. The maximum atomic E-state index is 11.4. The molecule has 0 spiro atoms. The van der Waals surface area contributed by atoms with Crippen LogP contribution in [0.4, 0.5) is 5.69 Å². The lowest BCUT2D eigenvalue weighted by Crippen LogP contribution is -2.19. The number of hydrogen-bond donors (Lipinski definition) is 2. The second kappa shape index (κ2) is 4.48. The van der Waals surface area contributed by atoms with Crippen LogP contribution in [0.3, 0.4) is 0 Å². The van der Waals surface area contributed by atoms with Crippen LogP contribution in [0.1, 0.15) is 10.5 Å². The summed E-state index contributed by atoms with van der Waals surface area (Å²) >= 11 is 0. The van der Waals surface area contributed by atoms with Crippen LogP contribution in [0.25, 0.3) is 0 Å². The Balaban J connectivity index is 2.19. The van der Waals surface area contributed by atoms with E-state index in [0.717, 1.165) is 5.69 Å². The first-order chi connectivity index (χ1) is 7.79. The summed E-state index contributed by atoms with van der Waals surface area (Å²) in [5, 5.41) is 2.53. The maximum absolute atomic E-state index is 11.4. The van der Waals surface area contributed by atoms with Gasteiger partial charge in [0.05, 0.1) is 5.69 Å². The van der Waals surface area contributed by atoms with Crippen LogP contribution >= 0.6 is 0 Å². The van der Waals surface area contributed by atoms with E-state index in [0.29, 0.717) is 5.69 Å². The Hall–Kier alpha value is -2.30. The van der Waals surface area contributed by atoms with Gasteiger partial charge in [0.2, 0.25) is 0 Å². The molecule has 0 unspecified atom stereocenters. The SMILES string of the molecule is CNC(=O)c1cc(Nn2cccc2)ccn1. The molecule has 0 aliphatic carbocycles. The topological polar surface area (TPSA) is 59.0 Å². The van der Waals surface area contributed by atoms with Gasteiger partial charge in [0.25, 0.3) is 5.91 Å². The van der Waals surface area contributed by atoms with E-state index >= 15 is 0 Å². The standard InChI is InChI=1S/C11H12N4O/c1-12-11(16)10-8-9(4-5-13-10)14-15-6-2-3-7-15/h2-8H,1H3,(H,12,16)(H,13,14). The number of carbonyl (C=O) groups is 1. The molecule has 1 amide bonds. The Labute approximate surface area is 93.1 Å². The smallest absolute Gasteiger partial charge is 0.269 e. The van der Waals surface area contributed by atoms with Crippen LogP contribution in [-0.2, 0) is 0 Å². The van der Waals surface area contributed by atoms with E-state index in [9.17, 15) is 4.79 Å². The second-order valence-corrected chi connectivity index (χ2v) is 3.21. The third-order valence-electron chi connectivity index (χ3n) is 2.08. The third-order valence-corrected chi connectivity index (χ3v) is 2.08. The summed E-state index contributed by atoms with van der Waals surface area (Å²) in [4.78, 5) is 15.3. The fourth-order valence-electron chi connectivity index (χ4n) is 1.31. The summed E-state index contributed by atoms with van der Waals surface area (Å²) in [6.07, 6.45) is 5.34. The van der Waals surface area contributed by atoms with Crippen LogP contribution in [0, 0.1) is 0 Å². The average Bonchev–Trinajstić information content (AvgIpc) is 2.81. The molecule has 0 fully saturated rings. The highest BCUT2D eigenvalue weighted by molar-refractivity contribution is 5.92. The number of carbonyl (C=O) groups excluding carboxylic acids is 1. The van der Waals surface area contributed by atoms with Gasteiger partial charge in [-0.2, -0.15) is 0 Å². The summed E-state index contributed by atoms with van der Waals surface area (Å²) in [5.41, 5.74) is 4.30. The van der Waals surface area contributed by atoms with E-state index in [-0.39, 0.29) is 5.91 Å². The van der Waals surface area contributed by atoms with Gasteiger partial charge in [-0.1, -0.05) is 0 Å². The molecule has 2 aromatic rings. The summed E-state index contributed by atoms with van der Waals surface area (Å²) in [5.74, 6) is -0.198. The molecule has 2 heterocycles. The Kier molecular flexibility index (Phi) is 2.86. The number of pyridine rings is 1. The molecular formula is C11H12N4O. The lowest BCUT2D eigenvalue weighted by molar-refractivity contribution is 0.0958. The summed E-state index contributed by atoms with van der Waals surface area (Å²) in [6, 6.07) is 7.31. The van der Waals surface area contributed by atoms with Crippen molar-refractivity contribution in [1.29, 1.82) is 0 Å². The Bertz CT molecular complexity index is 478. The molecule has 0 bridgehead atoms. The number of hydrogen-bond acceptors (Lipinski definition) is 3. The quantitative estimate of drug-likeness (QED) is 0.808. The van der Waals surface area contributed by atoms with Crippen LogP contribution < -0.4 is 10.7 Å². The van der Waals surface area contributed by atoms with Gasteiger partial charge < -0.3 is 5.32 Å². The predicted octanol–water partition coefficient (Wildman–Crippen LogP) is 1.12. The highest BCUT2D eigenvalue weighted by atomic mass is 16.1. The van der Waals surface area contributed by atoms with Crippen molar-refractivity contribution in [3.05, 3.63) is 48.5 Å². The Morgan fingerprint density at radius 2 is 2.12 bits per heavy atom. The normalized spacial score (nSPS) is 9.81. The van der Waals surface area contributed by atoms with E-state index in [4.69, 9.17) is 0 Å². The molecule has 2 rings (SSSR count). The largest absolute Gasteiger partial charge is 0.354 e. The highest BCUT2D eigenvalue weighted by Crippen LogP contribution is 2.08. The molecule has 0 saturated heterocycles. The van der Waals surface area contributed by atoms with Crippen molar-refractivity contribution in [3.8, 4) is 0 Å². The van der Waals surface area contributed by atoms with Gasteiger partial charge in [-0.05, 0) is 24.3 Å². The zero-order chi connectivity index (χ0) is 11.4. The van der Waals surface area contributed by atoms with Gasteiger partial charge in [0.15, 0.2) is 0 Å². The first-order valence-electron chi connectivity index (χ1n) is 4.88. The lowest BCUT2D eigenvalue weighted by atomic mass is 10.3. The molecule has 5 nitrogen and oxygen atoms in total. The molecule has 16 heavy (non-hydrogen) atoms. The van der Waals surface area contributed by atoms with Crippen molar-refractivity contribution >= 4 is 11.6 Å². The summed E-state index contributed by atoms with van der Waals surface area (Å²) < 4.78 is 1.79. The number of nitrogens with zero attached hydrogens (tertiary/aromatic N) is 2. The first-order valence-corrected chi connectivity index (χ1v) is 4.88. The van der Waals surface area contributed by atoms with Gasteiger partial charge in [-0.3, -0.25) is 19.9 Å². The molecule has 0 aliphatic heterocycles. The minimum Gasteiger partial charge on any atom is -0.354 e. The fraction of sp³-hybridized carbons (Fsp3) is 0.0909. The predicted molar refractivity (Wildman–Crippen MR) is 61.1 cm³/mol. The number of nitrogens with one attached hydrogen (secondary N) is 2. The molecular weight excluding hydrogens is 204 g/mol. The molecule has 5 heteroatoms. The number of rotatable bonds is 3. The zero-order valence-electron chi connectivity index (χ0n) is 8.84. The van der Waals surface area contributed by atoms with E-state index in [1.54, 1.807) is 30.1 Å². The van der Waals surface area contributed by atoms with Crippen molar-refractivity contribution in [2.45, 2.75) is 0 Å². The van der Waals surface area contributed by atoms with Gasteiger partial charge >= 0.3 is 0 Å². The molecule has 82 valence electrons. The highest BCUT2D eigenvalue weighted by Gasteiger charge is 2.04. The number of anilines is 1. The van der Waals surface area contributed by atoms with Gasteiger partial charge in [0, 0.05) is 25.6 Å². The molecule has 0 aliphatic rings. The van der Waals surface area contributed by atoms with Gasteiger partial charge in [0.1, 0.15) is 5.69 Å². The van der Waals surface area contributed by atoms with E-state index < -0.39 is 0 Å². The number of aromatic nitrogens is 2. The maximum Gasteiger partial charge on any atom is 0.269 e. The summed E-state index contributed by atoms with van der Waals surface area (Å²) in [6.45, 7) is 0. The van der Waals surface area contributed by atoms with Gasteiger partial charge in [-0.15, -0.1) is 0 Å². The minimum absolute atomic E-state index is 0.198. The second-order valence-electron chi connectivity index (χ2n) is 3.21. The fourth-order valence-corrected chi connectivity index (χ4v) is 1.31. The van der Waals surface area contributed by atoms with E-state index in [1.807, 2.05) is 24.5 Å². The summed E-state index contributed by atoms with van der Waals surface area (Å²) in [7, 11) is 1.58. The first kappa shape index (κ1) is 10.2. The van der Waals surface area contributed by atoms with Crippen LogP contribution in [-0.4, -0.2) is 22.6 Å². The minimum atomic E-state index is -0.198. The van der Waals surface area contributed by atoms with E-state index in [2.05, 4.69) is 15.7 Å². The Morgan fingerprint density at radius 1 is 1.38 bits per heavy atom. The third kappa shape index (κ3) is 2.20. The Morgan fingerprint density at radius 3 is 2.81 bits per heavy atom. The molecule has 0 atom stereocenters. The van der Waals surface area contributed by atoms with Crippen molar-refractivity contribution in [1.82, 2.24) is 15.0 Å². The van der Waals surface area contributed by atoms with Crippen molar-refractivity contribution < 1.29 is 4.79 Å². The van der Waals surface area contributed by atoms with Crippen LogP contribution in [0.15, 0.2) is 42.9 Å². The van der Waals surface area contributed by atoms with E-state index in [1.165, 1.54) is 0 Å². The van der Waals surface area contributed by atoms with Crippen LogP contribution in [0.5, 0.6) is 0 Å². The molecule has 2 aromatic heterocycles. The van der Waals surface area contributed by atoms with Gasteiger partial charge in [-0.25, -0.2) is 0 Å². The monoisotopic (exact) mass is 216 g/mol. The average molecular weight is 216 g/mol. The lowest BCUT2D eigenvalue weighted by Gasteiger charge is -2.08. The molecule has 0 saturated carbocycles. The van der Waals surface area contributed by atoms with Crippen molar-refractivity contribution in [2.75, 3.05) is 12.5 Å². The number of amides is 1. The van der Waals surface area contributed by atoms with Crippen molar-refractivity contribution in [2.24, 2.45) is 0 Å². The van der Waals surface area contributed by atoms with Crippen LogP contribution in [0.2, 0.25) is 0 Å².